The number of amides is 2. The molecule has 3 aromatic rings. The van der Waals surface area contributed by atoms with E-state index in [9.17, 15) is 9.59 Å². The first-order valence-electron chi connectivity index (χ1n) is 11.3. The standard InChI is InChI=1S/C26H31N3O4S/c1-26(2,3)15-28-25(31)19-12-18(22-7-6-10-34-22)24-17-13-21(33-14-23(30)27-4)20(32-5)11-16(17)8-9-29(19)24/h6-7,10-13H,8-9,14-15H2,1-5H3,(H,27,30)(H,28,31). The average molecular weight is 482 g/mol. The lowest BCUT2D eigenvalue weighted by Crippen LogP contribution is -2.33. The zero-order chi connectivity index (χ0) is 24.5. The highest BCUT2D eigenvalue weighted by atomic mass is 32.1. The predicted octanol–water partition coefficient (Wildman–Crippen LogP) is 4.35. The van der Waals surface area contributed by atoms with E-state index in [0.717, 1.165) is 33.7 Å². The molecule has 7 nitrogen and oxygen atoms in total. The molecule has 0 spiro atoms. The molecule has 0 atom stereocenters. The molecule has 0 saturated carbocycles. The lowest BCUT2D eigenvalue weighted by molar-refractivity contribution is -0.122. The van der Waals surface area contributed by atoms with Crippen LogP contribution in [0.15, 0.2) is 35.7 Å². The van der Waals surface area contributed by atoms with E-state index in [1.165, 1.54) is 0 Å². The Hall–Kier alpha value is -3.26. The number of thiophene rings is 1. The van der Waals surface area contributed by atoms with Crippen molar-refractivity contribution in [2.24, 2.45) is 5.41 Å². The molecule has 0 radical (unpaired) electrons. The minimum atomic E-state index is -0.222. The Kier molecular flexibility index (Phi) is 6.70. The largest absolute Gasteiger partial charge is 0.493 e. The maximum absolute atomic E-state index is 13.2. The molecule has 0 saturated heterocycles. The summed E-state index contributed by atoms with van der Waals surface area (Å²) in [5.41, 5.74) is 4.74. The molecule has 1 aliphatic rings. The molecule has 0 bridgehead atoms. The lowest BCUT2D eigenvalue weighted by atomic mass is 9.95. The first kappa shape index (κ1) is 23.9. The number of carbonyl (C=O) groups excluding carboxylic acids is 2. The highest BCUT2D eigenvalue weighted by Crippen LogP contribution is 2.45. The molecule has 3 heterocycles. The maximum Gasteiger partial charge on any atom is 0.267 e. The summed E-state index contributed by atoms with van der Waals surface area (Å²) < 4.78 is 13.5. The van der Waals surface area contributed by atoms with Gasteiger partial charge in [-0.3, -0.25) is 9.59 Å². The van der Waals surface area contributed by atoms with Gasteiger partial charge in [-0.15, -0.1) is 11.3 Å². The quantitative estimate of drug-likeness (QED) is 0.526. The molecular weight excluding hydrogens is 450 g/mol. The van der Waals surface area contributed by atoms with Crippen molar-refractivity contribution in [1.29, 1.82) is 0 Å². The van der Waals surface area contributed by atoms with Crippen LogP contribution in [0.25, 0.3) is 21.7 Å². The van der Waals surface area contributed by atoms with Gasteiger partial charge in [-0.05, 0) is 47.0 Å². The van der Waals surface area contributed by atoms with Gasteiger partial charge in [0.2, 0.25) is 0 Å². The van der Waals surface area contributed by atoms with Crippen LogP contribution in [0.3, 0.4) is 0 Å². The second-order valence-electron chi connectivity index (χ2n) is 9.54. The van der Waals surface area contributed by atoms with Crippen molar-refractivity contribution in [3.63, 3.8) is 0 Å². The first-order chi connectivity index (χ1) is 16.2. The fraction of sp³-hybridized carbons (Fsp3) is 0.385. The van der Waals surface area contributed by atoms with Crippen LogP contribution in [0.4, 0.5) is 0 Å². The molecule has 1 aromatic carbocycles. The zero-order valence-corrected chi connectivity index (χ0v) is 21.1. The third-order valence-corrected chi connectivity index (χ3v) is 6.69. The van der Waals surface area contributed by atoms with E-state index in [0.29, 0.717) is 30.3 Å². The molecule has 4 rings (SSSR count). The second kappa shape index (κ2) is 9.54. The maximum atomic E-state index is 13.2. The van der Waals surface area contributed by atoms with Crippen molar-refractivity contribution < 1.29 is 19.1 Å². The third-order valence-electron chi connectivity index (χ3n) is 5.78. The molecule has 0 unspecified atom stereocenters. The van der Waals surface area contributed by atoms with Crippen molar-refractivity contribution >= 4 is 23.2 Å². The summed E-state index contributed by atoms with van der Waals surface area (Å²) in [6.07, 6.45) is 0.756. The molecule has 0 fully saturated rings. The minimum Gasteiger partial charge on any atom is -0.493 e. The van der Waals surface area contributed by atoms with Gasteiger partial charge in [0.25, 0.3) is 11.8 Å². The van der Waals surface area contributed by atoms with E-state index >= 15 is 0 Å². The van der Waals surface area contributed by atoms with Gasteiger partial charge in [-0.2, -0.15) is 0 Å². The number of methoxy groups -OCH3 is 1. The van der Waals surface area contributed by atoms with E-state index in [-0.39, 0.29) is 23.8 Å². The van der Waals surface area contributed by atoms with Crippen LogP contribution in [0, 0.1) is 5.41 Å². The number of carbonyl (C=O) groups is 2. The Morgan fingerprint density at radius 1 is 1.15 bits per heavy atom. The fourth-order valence-electron chi connectivity index (χ4n) is 4.06. The van der Waals surface area contributed by atoms with Gasteiger partial charge in [-0.25, -0.2) is 0 Å². The number of hydrogen-bond acceptors (Lipinski definition) is 5. The van der Waals surface area contributed by atoms with Gasteiger partial charge in [0.1, 0.15) is 5.69 Å². The Morgan fingerprint density at radius 3 is 2.59 bits per heavy atom. The molecule has 8 heteroatoms. The smallest absolute Gasteiger partial charge is 0.267 e. The van der Waals surface area contributed by atoms with Crippen molar-refractivity contribution in [2.75, 3.05) is 27.3 Å². The molecule has 2 amide bonds. The first-order valence-corrected chi connectivity index (χ1v) is 12.2. The summed E-state index contributed by atoms with van der Waals surface area (Å²) in [5, 5.41) is 7.70. The van der Waals surface area contributed by atoms with E-state index in [1.54, 1.807) is 25.5 Å². The summed E-state index contributed by atoms with van der Waals surface area (Å²) in [5.74, 6) is 0.783. The van der Waals surface area contributed by atoms with Gasteiger partial charge < -0.3 is 24.7 Å². The van der Waals surface area contributed by atoms with Gasteiger partial charge in [-0.1, -0.05) is 26.8 Å². The second-order valence-corrected chi connectivity index (χ2v) is 10.5. The van der Waals surface area contributed by atoms with Crippen LogP contribution in [-0.4, -0.2) is 43.7 Å². The Balaban J connectivity index is 1.82. The van der Waals surface area contributed by atoms with Gasteiger partial charge in [0.05, 0.1) is 12.8 Å². The number of rotatable bonds is 7. The average Bonchev–Trinajstić information content (AvgIpc) is 3.47. The monoisotopic (exact) mass is 481 g/mol. The van der Waals surface area contributed by atoms with Gasteiger partial charge >= 0.3 is 0 Å². The number of likely N-dealkylation sites (N-methyl/N-ethyl adjacent to an activating group) is 1. The molecule has 180 valence electrons. The van der Waals surface area contributed by atoms with E-state index in [1.807, 2.05) is 29.6 Å². The summed E-state index contributed by atoms with van der Waals surface area (Å²) in [4.78, 5) is 26.1. The predicted molar refractivity (Wildman–Crippen MR) is 135 cm³/mol. The Morgan fingerprint density at radius 2 is 1.94 bits per heavy atom. The van der Waals surface area contributed by atoms with E-state index in [2.05, 4.69) is 42.0 Å². The number of fused-ring (bicyclic) bond motifs is 3. The number of benzene rings is 1. The third kappa shape index (κ3) is 4.82. The molecule has 0 aliphatic carbocycles. The molecule has 1 aliphatic heterocycles. The van der Waals surface area contributed by atoms with Crippen molar-refractivity contribution in [3.05, 3.63) is 47.0 Å². The zero-order valence-electron chi connectivity index (χ0n) is 20.3. The molecule has 2 N–H and O–H groups in total. The fourth-order valence-corrected chi connectivity index (χ4v) is 4.81. The van der Waals surface area contributed by atoms with Crippen molar-refractivity contribution in [2.45, 2.75) is 33.7 Å². The van der Waals surface area contributed by atoms with Gasteiger partial charge in [0.15, 0.2) is 18.1 Å². The van der Waals surface area contributed by atoms with E-state index in [4.69, 9.17) is 9.47 Å². The van der Waals surface area contributed by atoms with Crippen molar-refractivity contribution in [1.82, 2.24) is 15.2 Å². The topological polar surface area (TPSA) is 81.6 Å². The highest BCUT2D eigenvalue weighted by Gasteiger charge is 2.29. The lowest BCUT2D eigenvalue weighted by Gasteiger charge is -2.24. The number of ether oxygens (including phenoxy) is 2. The van der Waals surface area contributed by atoms with Crippen molar-refractivity contribution in [3.8, 4) is 33.2 Å². The summed E-state index contributed by atoms with van der Waals surface area (Å²) in [6, 6.07) is 9.97. The van der Waals surface area contributed by atoms with Crippen LogP contribution in [0.2, 0.25) is 0 Å². The van der Waals surface area contributed by atoms with Crippen LogP contribution in [0.1, 0.15) is 36.8 Å². The molecule has 2 aromatic heterocycles. The molecular formula is C26H31N3O4S. The van der Waals surface area contributed by atoms with Crippen LogP contribution >= 0.6 is 11.3 Å². The van der Waals surface area contributed by atoms with Gasteiger partial charge in [0, 0.05) is 36.1 Å². The summed E-state index contributed by atoms with van der Waals surface area (Å²) in [7, 11) is 3.16. The summed E-state index contributed by atoms with van der Waals surface area (Å²) >= 11 is 1.64. The van der Waals surface area contributed by atoms with Crippen LogP contribution in [-0.2, 0) is 17.8 Å². The van der Waals surface area contributed by atoms with E-state index < -0.39 is 0 Å². The highest BCUT2D eigenvalue weighted by molar-refractivity contribution is 7.13. The number of hydrogen-bond donors (Lipinski definition) is 2. The van der Waals surface area contributed by atoms with Crippen LogP contribution in [0.5, 0.6) is 11.5 Å². The Labute approximate surface area is 204 Å². The minimum absolute atomic E-state index is 0.0102. The number of aryl methyl sites for hydroxylation is 1. The van der Waals surface area contributed by atoms with Crippen LogP contribution < -0.4 is 20.1 Å². The number of aromatic nitrogens is 1. The number of nitrogens with one attached hydrogen (secondary N) is 2. The number of nitrogens with zero attached hydrogens (tertiary/aromatic N) is 1. The SMILES string of the molecule is CNC(=O)COc1cc2c(cc1OC)CCn1c(C(=O)NCC(C)(C)C)cc(-c3cccs3)c1-2. The normalized spacial score (nSPS) is 12.5. The summed E-state index contributed by atoms with van der Waals surface area (Å²) in [6.45, 7) is 7.47. The molecule has 34 heavy (non-hydrogen) atoms. The Bertz CT molecular complexity index is 1210.